The van der Waals surface area contributed by atoms with Crippen LogP contribution in [0, 0.1) is 12.8 Å². The van der Waals surface area contributed by atoms with Crippen molar-refractivity contribution in [1.29, 1.82) is 0 Å². The number of nitrogens with zero attached hydrogens (tertiary/aromatic N) is 4. The number of aliphatic hydroxyl groups is 1. The molecular formula is C20H27N5O2. The molecule has 0 amide bonds. The maximum Gasteiger partial charge on any atom is 0.280 e. The van der Waals surface area contributed by atoms with Crippen molar-refractivity contribution in [2.24, 2.45) is 13.0 Å². The number of benzene rings is 1. The van der Waals surface area contributed by atoms with Gasteiger partial charge in [0.2, 0.25) is 5.95 Å². The number of aliphatic hydroxyl groups excluding tert-OH is 1. The van der Waals surface area contributed by atoms with E-state index in [0.717, 1.165) is 17.8 Å². The molecule has 2 N–H and O–H groups in total. The summed E-state index contributed by atoms with van der Waals surface area (Å²) in [4.78, 5) is 21.9. The fraction of sp³-hybridized carbons (Fsp3) is 0.450. The highest BCUT2D eigenvalue weighted by Gasteiger charge is 2.18. The minimum atomic E-state index is -0.761. The van der Waals surface area contributed by atoms with Crippen molar-refractivity contribution in [3.63, 3.8) is 0 Å². The smallest absolute Gasteiger partial charge is 0.280 e. The number of anilines is 1. The predicted molar refractivity (Wildman–Crippen MR) is 107 cm³/mol. The molecule has 3 aromatic rings. The van der Waals surface area contributed by atoms with Crippen molar-refractivity contribution in [3.05, 3.63) is 52.1 Å². The van der Waals surface area contributed by atoms with Gasteiger partial charge < -0.3 is 15.0 Å². The summed E-state index contributed by atoms with van der Waals surface area (Å²) in [5, 5.41) is 13.2. The zero-order valence-electron chi connectivity index (χ0n) is 16.3. The first-order valence-corrected chi connectivity index (χ1v) is 9.33. The van der Waals surface area contributed by atoms with Crippen molar-refractivity contribution >= 4 is 17.1 Å². The van der Waals surface area contributed by atoms with Crippen molar-refractivity contribution < 1.29 is 5.11 Å². The van der Waals surface area contributed by atoms with E-state index in [1.807, 2.05) is 41.8 Å². The number of hydrogen-bond donors (Lipinski definition) is 2. The summed E-state index contributed by atoms with van der Waals surface area (Å²) in [6, 6.07) is 9.95. The Kier molecular flexibility index (Phi) is 5.60. The highest BCUT2D eigenvalue weighted by molar-refractivity contribution is 5.72. The van der Waals surface area contributed by atoms with E-state index in [9.17, 15) is 9.90 Å². The van der Waals surface area contributed by atoms with Crippen LogP contribution in [0.1, 0.15) is 38.1 Å². The summed E-state index contributed by atoms with van der Waals surface area (Å²) < 4.78 is 3.32. The van der Waals surface area contributed by atoms with E-state index in [4.69, 9.17) is 0 Å². The molecular weight excluding hydrogens is 342 g/mol. The second-order valence-corrected chi connectivity index (χ2v) is 7.11. The molecule has 2 unspecified atom stereocenters. The van der Waals surface area contributed by atoms with Gasteiger partial charge >= 0.3 is 0 Å². The van der Waals surface area contributed by atoms with Gasteiger partial charge in [0.15, 0.2) is 11.2 Å². The zero-order valence-corrected chi connectivity index (χ0v) is 16.3. The second kappa shape index (κ2) is 7.92. The molecule has 7 nitrogen and oxygen atoms in total. The highest BCUT2D eigenvalue weighted by atomic mass is 16.3. The van der Waals surface area contributed by atoms with Crippen molar-refractivity contribution in [3.8, 4) is 0 Å². The molecule has 0 aliphatic heterocycles. The molecule has 1 aromatic carbocycles. The van der Waals surface area contributed by atoms with Gasteiger partial charge in [-0.15, -0.1) is 0 Å². The summed E-state index contributed by atoms with van der Waals surface area (Å²) >= 11 is 0. The van der Waals surface area contributed by atoms with Crippen LogP contribution < -0.4 is 10.9 Å². The zero-order chi connectivity index (χ0) is 19.6. The Morgan fingerprint density at radius 2 is 1.93 bits per heavy atom. The van der Waals surface area contributed by atoms with Crippen LogP contribution in [0.2, 0.25) is 0 Å². The number of fused-ring (bicyclic) bond motifs is 1. The maximum atomic E-state index is 13.0. The molecule has 27 heavy (non-hydrogen) atoms. The van der Waals surface area contributed by atoms with E-state index in [1.165, 1.54) is 4.57 Å². The van der Waals surface area contributed by atoms with Crippen molar-refractivity contribution in [2.45, 2.75) is 46.4 Å². The molecule has 2 heterocycles. The molecule has 0 bridgehead atoms. The van der Waals surface area contributed by atoms with Crippen LogP contribution in [-0.2, 0) is 13.6 Å². The maximum absolute atomic E-state index is 13.0. The molecule has 0 spiro atoms. The van der Waals surface area contributed by atoms with E-state index in [2.05, 4.69) is 29.1 Å². The average molecular weight is 369 g/mol. The highest BCUT2D eigenvalue weighted by Crippen LogP contribution is 2.17. The molecule has 2 aromatic heterocycles. The number of nitrogens with one attached hydrogen (secondary N) is 1. The van der Waals surface area contributed by atoms with Crippen molar-refractivity contribution in [2.75, 3.05) is 5.32 Å². The van der Waals surface area contributed by atoms with Crippen LogP contribution in [0.5, 0.6) is 0 Å². The number of aryl methyl sites for hydroxylation is 1. The largest absolute Gasteiger partial charge is 0.374 e. The Bertz CT molecular complexity index is 977. The lowest BCUT2D eigenvalue weighted by Gasteiger charge is -2.18. The van der Waals surface area contributed by atoms with Gasteiger partial charge in [-0.25, -0.2) is 4.98 Å². The SMILES string of the molecule is CCC(C)CC(O)Nc1nc2nc(C)n(Cc3ccccc3)c2c(=O)n1C. The Labute approximate surface area is 158 Å². The Balaban J connectivity index is 1.97. The Hall–Kier alpha value is -2.67. The van der Waals surface area contributed by atoms with E-state index in [0.29, 0.717) is 36.0 Å². The van der Waals surface area contributed by atoms with Crippen LogP contribution in [0.25, 0.3) is 11.2 Å². The Morgan fingerprint density at radius 3 is 2.59 bits per heavy atom. The molecule has 0 aliphatic rings. The fourth-order valence-corrected chi connectivity index (χ4v) is 3.11. The van der Waals surface area contributed by atoms with Crippen LogP contribution in [0.3, 0.4) is 0 Å². The number of imidazole rings is 1. The van der Waals surface area contributed by atoms with Gasteiger partial charge in [-0.05, 0) is 24.8 Å². The quantitative estimate of drug-likeness (QED) is 0.626. The van der Waals surface area contributed by atoms with E-state index in [1.54, 1.807) is 7.05 Å². The number of hydrogen-bond acceptors (Lipinski definition) is 5. The standard InChI is InChI=1S/C20H27N5O2/c1-5-13(2)11-16(26)22-20-23-18-17(19(27)24(20)4)25(14(3)21-18)12-15-9-7-6-8-10-15/h6-10,13,16,26H,5,11-12H2,1-4H3,(H,22,23). The van der Waals surface area contributed by atoms with Gasteiger partial charge in [0.1, 0.15) is 12.1 Å². The van der Waals surface area contributed by atoms with Gasteiger partial charge in [0.25, 0.3) is 5.56 Å². The second-order valence-electron chi connectivity index (χ2n) is 7.11. The van der Waals surface area contributed by atoms with Gasteiger partial charge in [-0.2, -0.15) is 4.98 Å². The molecule has 0 saturated carbocycles. The first-order valence-electron chi connectivity index (χ1n) is 9.33. The first kappa shape index (κ1) is 19.1. The van der Waals surface area contributed by atoms with Crippen LogP contribution >= 0.6 is 0 Å². The van der Waals surface area contributed by atoms with Gasteiger partial charge in [-0.3, -0.25) is 9.36 Å². The topological polar surface area (TPSA) is 85.0 Å². The first-order chi connectivity index (χ1) is 12.9. The minimum Gasteiger partial charge on any atom is -0.374 e. The predicted octanol–water partition coefficient (Wildman–Crippen LogP) is 2.65. The third kappa shape index (κ3) is 4.03. The summed E-state index contributed by atoms with van der Waals surface area (Å²) in [5.41, 5.74) is 1.77. The summed E-state index contributed by atoms with van der Waals surface area (Å²) in [5.74, 6) is 1.43. The third-order valence-corrected chi connectivity index (χ3v) is 4.98. The van der Waals surface area contributed by atoms with E-state index >= 15 is 0 Å². The van der Waals surface area contributed by atoms with Gasteiger partial charge in [0.05, 0.1) is 0 Å². The van der Waals surface area contributed by atoms with E-state index < -0.39 is 6.23 Å². The lowest BCUT2D eigenvalue weighted by Crippen LogP contribution is -2.29. The molecule has 0 aliphatic carbocycles. The summed E-state index contributed by atoms with van der Waals surface area (Å²) in [6.07, 6.45) is 0.807. The lowest BCUT2D eigenvalue weighted by atomic mass is 10.0. The lowest BCUT2D eigenvalue weighted by molar-refractivity contribution is 0.170. The number of aromatic nitrogens is 4. The molecule has 0 fully saturated rings. The normalized spacial score (nSPS) is 13.7. The molecule has 0 saturated heterocycles. The van der Waals surface area contributed by atoms with Crippen LogP contribution in [-0.4, -0.2) is 30.4 Å². The molecule has 3 rings (SSSR count). The number of rotatable bonds is 7. The summed E-state index contributed by atoms with van der Waals surface area (Å²) in [7, 11) is 1.66. The molecule has 144 valence electrons. The van der Waals surface area contributed by atoms with E-state index in [-0.39, 0.29) is 5.56 Å². The summed E-state index contributed by atoms with van der Waals surface area (Å²) in [6.45, 7) is 6.59. The van der Waals surface area contributed by atoms with Crippen LogP contribution in [0.4, 0.5) is 5.95 Å². The third-order valence-electron chi connectivity index (χ3n) is 4.98. The monoisotopic (exact) mass is 369 g/mol. The van der Waals surface area contributed by atoms with Crippen molar-refractivity contribution in [1.82, 2.24) is 19.1 Å². The van der Waals surface area contributed by atoms with Gasteiger partial charge in [-0.1, -0.05) is 50.6 Å². The molecule has 7 heteroatoms. The fourth-order valence-electron chi connectivity index (χ4n) is 3.11. The van der Waals surface area contributed by atoms with Gasteiger partial charge in [0, 0.05) is 13.6 Å². The average Bonchev–Trinajstić information content (AvgIpc) is 2.95. The van der Waals surface area contributed by atoms with Crippen LogP contribution in [0.15, 0.2) is 35.1 Å². The molecule has 0 radical (unpaired) electrons. The minimum absolute atomic E-state index is 0.185. The Morgan fingerprint density at radius 1 is 1.22 bits per heavy atom. The molecule has 2 atom stereocenters.